The average Bonchev–Trinajstić information content (AvgIpc) is 1.13. The Morgan fingerprint density at radius 3 is 1.48 bits per heavy atom. The first-order chi connectivity index (χ1) is 50.6. The van der Waals surface area contributed by atoms with Gasteiger partial charge in [-0.2, -0.15) is 0 Å². The van der Waals surface area contributed by atoms with Crippen LogP contribution in [-0.2, 0) is 62.3 Å². The molecule has 1 unspecified atom stereocenters. The molecule has 606 valence electrons. The highest BCUT2D eigenvalue weighted by Gasteiger charge is 2.44. The fourth-order valence-electron chi connectivity index (χ4n) is 16.6. The van der Waals surface area contributed by atoms with Gasteiger partial charge in [-0.05, 0) is 126 Å². The summed E-state index contributed by atoms with van der Waals surface area (Å²) in [6, 6.07) is -13.8. The zero-order chi connectivity index (χ0) is 78.9. The number of thioether (sulfide) groups is 1. The second-order valence-electron chi connectivity index (χ2n) is 33.8. The number of nitrogens with zero attached hydrogens (tertiary/aromatic N) is 6. The molecule has 0 radical (unpaired) electrons. The van der Waals surface area contributed by atoms with E-state index in [0.29, 0.717) is 24.7 Å². The lowest BCUT2D eigenvalue weighted by Gasteiger charge is -2.37. The number of hydrogen-bond donors (Lipinski definition) is 8. The van der Waals surface area contributed by atoms with Crippen molar-refractivity contribution in [3.05, 3.63) is 0 Å². The molecule has 6 rings (SSSR count). The first-order valence-corrected chi connectivity index (χ1v) is 41.8. The van der Waals surface area contributed by atoms with E-state index in [-0.39, 0.29) is 105 Å². The Labute approximate surface area is 642 Å². The topological polar surface area (TPSA) is 338 Å². The predicted octanol–water partition coefficient (Wildman–Crippen LogP) is 5.75. The van der Waals surface area contributed by atoms with E-state index in [9.17, 15) is 28.8 Å². The summed E-state index contributed by atoms with van der Waals surface area (Å²) in [5, 5.41) is 23.6. The van der Waals surface area contributed by atoms with E-state index in [1.54, 1.807) is 30.6 Å². The molecule has 28 heteroatoms. The van der Waals surface area contributed by atoms with Gasteiger partial charge < -0.3 is 71.9 Å². The van der Waals surface area contributed by atoms with Crippen molar-refractivity contribution in [3.63, 3.8) is 0 Å². The molecule has 3 aliphatic carbocycles. The number of rotatable bonds is 21. The standard InChI is InChI=1S/C79H136N14O13S/c1-48(2)36-58-70(97)86-61(78(105)91(14)65(42-56-32-24-18-25-33-56)72(99)83-53(10)75(102)93-34-26-19-27-35-93)44-67(94)82-52(9)69(96)85-59(40-54-28-20-16-21-29-54)76(103)89(12)62(37-49(3)4)74(101)87-60(43-57-46-107-47-81-57)77(104)90(13)64(41-55-30-22-17-23-31-55)71(98)80-45-68(95)88(11)66(39-51(7)8)79(106)92(15)63(38-50(5)6)73(100)84-58/h48-66,81H,16-47H2,1-15H3,(H,80,98)(H,82,94)(H,83,99)(H,84,100)(H,85,96)(H,86,97)(H,87,101)/t52-,53-,57?,58-,59-,60-,61-,62-,63-,64-,65-,66-/m0/s1. The molecule has 8 N–H and O–H groups in total. The van der Waals surface area contributed by atoms with E-state index in [1.807, 2.05) is 55.4 Å². The van der Waals surface area contributed by atoms with Gasteiger partial charge in [0, 0.05) is 66.0 Å². The van der Waals surface area contributed by atoms with Crippen molar-refractivity contribution in [1.82, 2.24) is 71.9 Å². The Bertz CT molecular complexity index is 2980. The molecule has 107 heavy (non-hydrogen) atoms. The van der Waals surface area contributed by atoms with Crippen LogP contribution >= 0.6 is 11.8 Å². The third-order valence-electron chi connectivity index (χ3n) is 23.0. The second kappa shape index (κ2) is 43.7. The van der Waals surface area contributed by atoms with Gasteiger partial charge in [0.05, 0.1) is 13.0 Å². The van der Waals surface area contributed by atoms with Gasteiger partial charge in [0.2, 0.25) is 76.8 Å². The van der Waals surface area contributed by atoms with Gasteiger partial charge in [-0.3, -0.25) is 62.3 Å². The van der Waals surface area contributed by atoms with E-state index in [0.717, 1.165) is 116 Å². The summed E-state index contributed by atoms with van der Waals surface area (Å²) in [6.45, 7) is 18.6. The molecule has 3 aliphatic heterocycles. The van der Waals surface area contributed by atoms with E-state index in [2.05, 4.69) is 42.5 Å². The number of piperidine rings is 1. The minimum absolute atomic E-state index is 0.0124. The Morgan fingerprint density at radius 1 is 0.486 bits per heavy atom. The van der Waals surface area contributed by atoms with Crippen LogP contribution in [0.5, 0.6) is 0 Å². The van der Waals surface area contributed by atoms with Crippen LogP contribution in [0.4, 0.5) is 0 Å². The molecule has 6 fully saturated rings. The molecule has 0 bridgehead atoms. The van der Waals surface area contributed by atoms with Crippen LogP contribution in [-0.4, -0.2) is 245 Å². The van der Waals surface area contributed by atoms with Gasteiger partial charge in [-0.1, -0.05) is 152 Å². The van der Waals surface area contributed by atoms with Gasteiger partial charge in [0.1, 0.15) is 66.5 Å². The average molecular weight is 1520 g/mol. The molecule has 6 aliphatic rings. The molecular weight excluding hydrogens is 1390 g/mol. The highest BCUT2D eigenvalue weighted by atomic mass is 32.2. The lowest BCUT2D eigenvalue weighted by molar-refractivity contribution is -0.149. The molecule has 0 aromatic rings. The van der Waals surface area contributed by atoms with Crippen molar-refractivity contribution in [3.8, 4) is 0 Å². The SMILES string of the molecule is CC(C)C[C@@H]1NC(=O)[C@H](CC(C)C)N(C)C(=O)[C@H](CC(C)C)N(C)C(=O)CNC(=O)[C@H](CC2CCCCC2)N(C)C(=O)[C@H](CC2CSCN2)NC(=O)[C@H](CC(C)C)N(C)C(=O)[C@H](CC2CCCCC2)NC(=O)[C@H](C)NC(=O)C[C@@H](C(=O)N(C)[C@@H](CC2CCCCC2)C(=O)N[C@@H](C)C(=O)N2CCCCC2)NC1=O. The molecule has 0 aromatic carbocycles. The maximum Gasteiger partial charge on any atom is 0.246 e. The minimum Gasteiger partial charge on any atom is -0.345 e. The van der Waals surface area contributed by atoms with E-state index in [4.69, 9.17) is 0 Å². The molecular formula is C79H136N14O13S. The molecule has 12 atom stereocenters. The molecule has 3 heterocycles. The first kappa shape index (κ1) is 89.3. The van der Waals surface area contributed by atoms with Gasteiger partial charge in [0.25, 0.3) is 0 Å². The molecule has 13 amide bonds. The predicted molar refractivity (Wildman–Crippen MR) is 414 cm³/mol. The highest BCUT2D eigenvalue weighted by molar-refractivity contribution is 7.99. The van der Waals surface area contributed by atoms with Crippen molar-refractivity contribution >= 4 is 88.6 Å². The lowest BCUT2D eigenvalue weighted by atomic mass is 9.84. The number of amides is 13. The maximum atomic E-state index is 15.6. The number of nitrogens with one attached hydrogen (secondary N) is 8. The number of hydrogen-bond acceptors (Lipinski definition) is 15. The fraction of sp³-hybridized carbons (Fsp3) is 0.835. The quantitative estimate of drug-likeness (QED) is 0.0678. The molecule has 0 spiro atoms. The van der Waals surface area contributed by atoms with Crippen LogP contribution in [0.25, 0.3) is 0 Å². The van der Waals surface area contributed by atoms with Crippen LogP contribution in [0.15, 0.2) is 0 Å². The van der Waals surface area contributed by atoms with Gasteiger partial charge in [-0.15, -0.1) is 11.8 Å². The molecule has 3 saturated carbocycles. The Morgan fingerprint density at radius 2 is 0.953 bits per heavy atom. The van der Waals surface area contributed by atoms with Crippen LogP contribution in [0.3, 0.4) is 0 Å². The zero-order valence-corrected chi connectivity index (χ0v) is 68.3. The maximum absolute atomic E-state index is 15.6. The van der Waals surface area contributed by atoms with Crippen LogP contribution in [0, 0.1) is 41.4 Å². The Hall–Kier alpha value is -6.58. The zero-order valence-electron chi connectivity index (χ0n) is 67.5. The largest absolute Gasteiger partial charge is 0.345 e. The van der Waals surface area contributed by atoms with Gasteiger partial charge in [0.15, 0.2) is 0 Å². The number of carbonyl (C=O) groups is 13. The van der Waals surface area contributed by atoms with Crippen LogP contribution in [0.1, 0.15) is 243 Å². The second-order valence-corrected chi connectivity index (χ2v) is 34.9. The lowest BCUT2D eigenvalue weighted by Crippen LogP contribution is -2.61. The summed E-state index contributed by atoms with van der Waals surface area (Å²) < 4.78 is 0. The van der Waals surface area contributed by atoms with Gasteiger partial charge in [-0.25, -0.2) is 0 Å². The van der Waals surface area contributed by atoms with Crippen molar-refractivity contribution in [2.45, 2.75) is 315 Å². The fourth-order valence-corrected chi connectivity index (χ4v) is 17.6. The monoisotopic (exact) mass is 1520 g/mol. The minimum atomic E-state index is -1.73. The Balaban J connectivity index is 1.45. The van der Waals surface area contributed by atoms with Crippen LogP contribution < -0.4 is 42.5 Å². The van der Waals surface area contributed by atoms with E-state index >= 15 is 33.6 Å². The highest BCUT2D eigenvalue weighted by Crippen LogP contribution is 2.33. The van der Waals surface area contributed by atoms with Crippen molar-refractivity contribution in [1.29, 1.82) is 0 Å². The van der Waals surface area contributed by atoms with Gasteiger partial charge >= 0.3 is 0 Å². The summed E-state index contributed by atoms with van der Waals surface area (Å²) in [4.78, 5) is 204. The molecule has 0 aromatic heterocycles. The van der Waals surface area contributed by atoms with Crippen LogP contribution in [0.2, 0.25) is 0 Å². The number of likely N-dealkylation sites (N-methyl/N-ethyl adjacent to an activating group) is 5. The molecule has 3 saturated heterocycles. The van der Waals surface area contributed by atoms with Crippen molar-refractivity contribution in [2.24, 2.45) is 41.4 Å². The summed E-state index contributed by atoms with van der Waals surface area (Å²) in [5.41, 5.74) is 0. The van der Waals surface area contributed by atoms with E-state index in [1.165, 1.54) is 59.6 Å². The molecule has 27 nitrogen and oxygen atoms in total. The van der Waals surface area contributed by atoms with Crippen molar-refractivity contribution < 1.29 is 62.3 Å². The smallest absolute Gasteiger partial charge is 0.246 e. The Kier molecular flexibility index (Phi) is 36.5. The number of likely N-dealkylation sites (tertiary alicyclic amines) is 1. The summed E-state index contributed by atoms with van der Waals surface area (Å²) >= 11 is 1.64. The summed E-state index contributed by atoms with van der Waals surface area (Å²) in [5.74, 6) is -7.85. The summed E-state index contributed by atoms with van der Waals surface area (Å²) in [6.07, 6.45) is 16.5. The third kappa shape index (κ3) is 27.4. The first-order valence-electron chi connectivity index (χ1n) is 40.7. The normalized spacial score (nSPS) is 27.7. The third-order valence-corrected chi connectivity index (χ3v) is 24.0. The van der Waals surface area contributed by atoms with E-state index < -0.39 is 150 Å². The number of carbonyl (C=O) groups excluding carboxylic acids is 13. The summed E-state index contributed by atoms with van der Waals surface area (Å²) in [7, 11) is 7.41. The van der Waals surface area contributed by atoms with Crippen molar-refractivity contribution in [2.75, 3.05) is 66.5 Å².